The van der Waals surface area contributed by atoms with Gasteiger partial charge in [-0.15, -0.1) is 11.3 Å². The Labute approximate surface area is 121 Å². The van der Waals surface area contributed by atoms with Crippen molar-refractivity contribution in [2.45, 2.75) is 40.0 Å². The number of thiazole rings is 1. The Kier molecular flexibility index (Phi) is 4.13. The maximum absolute atomic E-state index is 11.1. The molecule has 0 aromatic carbocycles. The van der Waals surface area contributed by atoms with E-state index in [4.69, 9.17) is 5.11 Å². The molecule has 0 saturated carbocycles. The fraction of sp³-hybridized carbons (Fsp3) is 0.429. The fourth-order valence-electron chi connectivity index (χ4n) is 2.24. The Morgan fingerprint density at radius 2 is 1.85 bits per heavy atom. The van der Waals surface area contributed by atoms with Crippen LogP contribution in [0.15, 0.2) is 5.38 Å². The van der Waals surface area contributed by atoms with Crippen molar-refractivity contribution >= 4 is 17.3 Å². The molecule has 1 atom stereocenters. The number of aromatic nitrogens is 3. The minimum absolute atomic E-state index is 0.585. The topological polar surface area (TPSA) is 76.0 Å². The van der Waals surface area contributed by atoms with Crippen molar-refractivity contribution in [3.63, 3.8) is 0 Å². The number of carboxylic acids is 1. The van der Waals surface area contributed by atoms with Crippen LogP contribution in [0.25, 0.3) is 0 Å². The van der Waals surface area contributed by atoms with Gasteiger partial charge in [-0.1, -0.05) is 0 Å². The van der Waals surface area contributed by atoms with Gasteiger partial charge in [0.25, 0.3) is 0 Å². The molecule has 106 valence electrons. The lowest BCUT2D eigenvalue weighted by molar-refractivity contribution is -0.138. The SMILES string of the molecule is Cc1csc(Cc2nc(C)c(C(C)C(=O)O)c(C)n2)n1. The summed E-state index contributed by atoms with van der Waals surface area (Å²) in [6.07, 6.45) is 0.585. The average Bonchev–Trinajstić information content (AvgIpc) is 2.73. The number of hydrogen-bond donors (Lipinski definition) is 1. The summed E-state index contributed by atoms with van der Waals surface area (Å²) in [5, 5.41) is 12.1. The quantitative estimate of drug-likeness (QED) is 0.937. The van der Waals surface area contributed by atoms with E-state index in [1.54, 1.807) is 18.3 Å². The summed E-state index contributed by atoms with van der Waals surface area (Å²) < 4.78 is 0. The first-order chi connectivity index (χ1) is 9.38. The van der Waals surface area contributed by atoms with E-state index in [0.29, 0.717) is 17.8 Å². The molecule has 0 fully saturated rings. The second kappa shape index (κ2) is 5.66. The van der Waals surface area contributed by atoms with E-state index in [1.165, 1.54) is 0 Å². The van der Waals surface area contributed by atoms with E-state index in [0.717, 1.165) is 22.1 Å². The third-order valence-corrected chi connectivity index (χ3v) is 4.12. The van der Waals surface area contributed by atoms with Crippen LogP contribution in [-0.2, 0) is 11.2 Å². The monoisotopic (exact) mass is 291 g/mol. The summed E-state index contributed by atoms with van der Waals surface area (Å²) in [5.74, 6) is -0.759. The van der Waals surface area contributed by atoms with Gasteiger partial charge in [-0.05, 0) is 27.7 Å². The van der Waals surface area contributed by atoms with Crippen LogP contribution in [0.4, 0.5) is 0 Å². The lowest BCUT2D eigenvalue weighted by Crippen LogP contribution is -2.14. The molecule has 0 aliphatic heterocycles. The molecule has 1 N–H and O–H groups in total. The van der Waals surface area contributed by atoms with Crippen LogP contribution in [-0.4, -0.2) is 26.0 Å². The third-order valence-electron chi connectivity index (χ3n) is 3.15. The average molecular weight is 291 g/mol. The summed E-state index contributed by atoms with van der Waals surface area (Å²) in [4.78, 5) is 24.4. The minimum Gasteiger partial charge on any atom is -0.481 e. The van der Waals surface area contributed by atoms with Crippen LogP contribution < -0.4 is 0 Å². The van der Waals surface area contributed by atoms with Crippen LogP contribution in [0.3, 0.4) is 0 Å². The molecule has 2 rings (SSSR count). The van der Waals surface area contributed by atoms with Gasteiger partial charge < -0.3 is 5.11 Å². The Balaban J connectivity index is 2.32. The Morgan fingerprint density at radius 1 is 1.25 bits per heavy atom. The lowest BCUT2D eigenvalue weighted by Gasteiger charge is -2.13. The highest BCUT2D eigenvalue weighted by Gasteiger charge is 2.21. The lowest BCUT2D eigenvalue weighted by atomic mass is 9.98. The van der Waals surface area contributed by atoms with Crippen LogP contribution in [0.5, 0.6) is 0 Å². The van der Waals surface area contributed by atoms with E-state index in [9.17, 15) is 4.79 Å². The molecular weight excluding hydrogens is 274 g/mol. The molecule has 0 bridgehead atoms. The summed E-state index contributed by atoms with van der Waals surface area (Å²) in [6.45, 7) is 7.28. The molecule has 0 aliphatic rings. The standard InChI is InChI=1S/C14H17N3O2S/c1-7-6-20-12(15-7)5-11-16-9(3)13(10(4)17-11)8(2)14(18)19/h6,8H,5H2,1-4H3,(H,18,19). The molecular formula is C14H17N3O2S. The van der Waals surface area contributed by atoms with Crippen molar-refractivity contribution < 1.29 is 9.90 Å². The van der Waals surface area contributed by atoms with Gasteiger partial charge in [0.05, 0.1) is 12.3 Å². The van der Waals surface area contributed by atoms with Gasteiger partial charge in [-0.3, -0.25) is 4.79 Å². The number of rotatable bonds is 4. The molecule has 0 radical (unpaired) electrons. The molecule has 2 aromatic rings. The van der Waals surface area contributed by atoms with Crippen molar-refractivity contribution in [1.82, 2.24) is 15.0 Å². The minimum atomic E-state index is -0.858. The van der Waals surface area contributed by atoms with Gasteiger partial charge in [0.15, 0.2) is 0 Å². The van der Waals surface area contributed by atoms with E-state index < -0.39 is 11.9 Å². The first-order valence-corrected chi connectivity index (χ1v) is 7.24. The number of hydrogen-bond acceptors (Lipinski definition) is 5. The molecule has 5 nitrogen and oxygen atoms in total. The molecule has 0 aliphatic carbocycles. The van der Waals surface area contributed by atoms with Gasteiger partial charge in [-0.2, -0.15) is 0 Å². The van der Waals surface area contributed by atoms with E-state index in [1.807, 2.05) is 26.2 Å². The molecule has 0 amide bonds. The van der Waals surface area contributed by atoms with Gasteiger partial charge in [0, 0.05) is 28.0 Å². The number of carboxylic acid groups (broad SMARTS) is 1. The van der Waals surface area contributed by atoms with Crippen molar-refractivity contribution in [2.24, 2.45) is 0 Å². The van der Waals surface area contributed by atoms with Crippen molar-refractivity contribution in [3.05, 3.63) is 38.9 Å². The fourth-order valence-corrected chi connectivity index (χ4v) is 3.01. The summed E-state index contributed by atoms with van der Waals surface area (Å²) in [6, 6.07) is 0. The molecule has 1 unspecified atom stereocenters. The normalized spacial score (nSPS) is 12.4. The zero-order valence-electron chi connectivity index (χ0n) is 12.0. The van der Waals surface area contributed by atoms with Crippen LogP contribution in [0.2, 0.25) is 0 Å². The molecule has 0 spiro atoms. The summed E-state index contributed by atoms with van der Waals surface area (Å²) in [7, 11) is 0. The molecule has 2 heterocycles. The second-order valence-corrected chi connectivity index (χ2v) is 5.79. The highest BCUT2D eigenvalue weighted by Crippen LogP contribution is 2.22. The maximum Gasteiger partial charge on any atom is 0.310 e. The Bertz CT molecular complexity index is 629. The smallest absolute Gasteiger partial charge is 0.310 e. The van der Waals surface area contributed by atoms with Crippen molar-refractivity contribution in [1.29, 1.82) is 0 Å². The first-order valence-electron chi connectivity index (χ1n) is 6.36. The number of aryl methyl sites for hydroxylation is 3. The molecule has 20 heavy (non-hydrogen) atoms. The Hall–Kier alpha value is -1.82. The number of nitrogens with zero attached hydrogens (tertiary/aromatic N) is 3. The van der Waals surface area contributed by atoms with Crippen molar-refractivity contribution in [3.8, 4) is 0 Å². The van der Waals surface area contributed by atoms with E-state index in [-0.39, 0.29) is 0 Å². The van der Waals surface area contributed by atoms with Crippen LogP contribution in [0.1, 0.15) is 46.3 Å². The summed E-state index contributed by atoms with van der Waals surface area (Å²) >= 11 is 1.59. The number of carbonyl (C=O) groups is 1. The zero-order chi connectivity index (χ0) is 14.9. The largest absolute Gasteiger partial charge is 0.481 e. The van der Waals surface area contributed by atoms with Gasteiger partial charge >= 0.3 is 5.97 Å². The van der Waals surface area contributed by atoms with Crippen molar-refractivity contribution in [2.75, 3.05) is 0 Å². The summed E-state index contributed by atoms with van der Waals surface area (Å²) in [5.41, 5.74) is 3.16. The first kappa shape index (κ1) is 14.6. The highest BCUT2D eigenvalue weighted by molar-refractivity contribution is 7.09. The number of aliphatic carboxylic acids is 1. The predicted octanol–water partition coefficient (Wildman–Crippen LogP) is 2.64. The molecule has 6 heteroatoms. The zero-order valence-corrected chi connectivity index (χ0v) is 12.8. The Morgan fingerprint density at radius 3 is 2.30 bits per heavy atom. The second-order valence-electron chi connectivity index (χ2n) is 4.84. The molecule has 2 aromatic heterocycles. The third kappa shape index (κ3) is 3.01. The van der Waals surface area contributed by atoms with Gasteiger partial charge in [-0.25, -0.2) is 15.0 Å². The molecule has 0 saturated heterocycles. The van der Waals surface area contributed by atoms with Gasteiger partial charge in [0.2, 0.25) is 0 Å². The van der Waals surface area contributed by atoms with Crippen LogP contribution in [0, 0.1) is 20.8 Å². The maximum atomic E-state index is 11.1. The van der Waals surface area contributed by atoms with Gasteiger partial charge in [0.1, 0.15) is 10.8 Å². The van der Waals surface area contributed by atoms with Crippen LogP contribution >= 0.6 is 11.3 Å². The highest BCUT2D eigenvalue weighted by atomic mass is 32.1. The van der Waals surface area contributed by atoms with E-state index >= 15 is 0 Å². The van der Waals surface area contributed by atoms with E-state index in [2.05, 4.69) is 15.0 Å². The predicted molar refractivity (Wildman–Crippen MR) is 77.2 cm³/mol.